The van der Waals surface area contributed by atoms with Gasteiger partial charge in [0.05, 0.1) is 5.02 Å². The second-order valence-electron chi connectivity index (χ2n) is 10.1. The van der Waals surface area contributed by atoms with Gasteiger partial charge in [-0.3, -0.25) is 14.4 Å². The Morgan fingerprint density at radius 3 is 2.51 bits per heavy atom. The molecule has 1 N–H and O–H groups in total. The Morgan fingerprint density at radius 2 is 1.83 bits per heavy atom. The number of nitrogens with one attached hydrogen (secondary N) is 1. The van der Waals surface area contributed by atoms with Gasteiger partial charge in [-0.2, -0.15) is 0 Å². The molecule has 3 amide bonds. The minimum absolute atomic E-state index is 0.0694. The molecular weight excluding hydrogens is 615 g/mol. The topological polar surface area (TPSA) is 82.2 Å². The SMILES string of the molecule is CN1CCCC(N(C)C(=O)c2ccc(NC(=O)C(=O)N(C)Cc3ccc(Br)cc3Oc3ccc(F)c(Cl)c3)cc2)C1. The summed E-state index contributed by atoms with van der Waals surface area (Å²) in [4.78, 5) is 43.8. The maximum atomic E-state index is 13.5. The van der Waals surface area contributed by atoms with Crippen molar-refractivity contribution in [1.82, 2.24) is 14.7 Å². The third-order valence-electron chi connectivity index (χ3n) is 6.95. The number of carbonyl (C=O) groups excluding carboxylic acids is 3. The maximum absolute atomic E-state index is 13.5. The van der Waals surface area contributed by atoms with Gasteiger partial charge >= 0.3 is 11.8 Å². The van der Waals surface area contributed by atoms with Gasteiger partial charge in [0.1, 0.15) is 17.3 Å². The summed E-state index contributed by atoms with van der Waals surface area (Å²) in [6.45, 7) is 1.94. The molecule has 1 saturated heterocycles. The highest BCUT2D eigenvalue weighted by molar-refractivity contribution is 9.10. The van der Waals surface area contributed by atoms with Gasteiger partial charge < -0.3 is 24.8 Å². The summed E-state index contributed by atoms with van der Waals surface area (Å²) in [5, 5.41) is 2.52. The third kappa shape index (κ3) is 7.84. The molecule has 8 nitrogen and oxygen atoms in total. The van der Waals surface area contributed by atoms with Crippen LogP contribution in [-0.4, -0.2) is 72.7 Å². The third-order valence-corrected chi connectivity index (χ3v) is 7.74. The van der Waals surface area contributed by atoms with Crippen molar-refractivity contribution in [2.45, 2.75) is 25.4 Å². The molecule has 1 aliphatic heterocycles. The van der Waals surface area contributed by atoms with E-state index in [2.05, 4.69) is 33.2 Å². The molecule has 11 heteroatoms. The number of likely N-dealkylation sites (tertiary alicyclic amines) is 1. The molecule has 1 aliphatic rings. The van der Waals surface area contributed by atoms with Gasteiger partial charge in [0, 0.05) is 60.6 Å². The van der Waals surface area contributed by atoms with Crippen LogP contribution in [-0.2, 0) is 16.1 Å². The lowest BCUT2D eigenvalue weighted by atomic mass is 10.0. The number of ether oxygens (including phenoxy) is 1. The molecule has 0 radical (unpaired) electrons. The van der Waals surface area contributed by atoms with Crippen LogP contribution in [0.15, 0.2) is 65.1 Å². The fourth-order valence-corrected chi connectivity index (χ4v) is 5.14. The molecule has 1 unspecified atom stereocenters. The molecule has 41 heavy (non-hydrogen) atoms. The van der Waals surface area contributed by atoms with E-state index >= 15 is 0 Å². The van der Waals surface area contributed by atoms with E-state index in [-0.39, 0.29) is 23.5 Å². The van der Waals surface area contributed by atoms with E-state index < -0.39 is 17.6 Å². The number of hydrogen-bond donors (Lipinski definition) is 1. The summed E-state index contributed by atoms with van der Waals surface area (Å²) in [5.74, 6) is -1.50. The van der Waals surface area contributed by atoms with Crippen LogP contribution in [0, 0.1) is 5.82 Å². The van der Waals surface area contributed by atoms with E-state index in [1.807, 2.05) is 7.05 Å². The molecule has 3 aromatic rings. The van der Waals surface area contributed by atoms with Crippen molar-refractivity contribution in [2.75, 3.05) is 39.5 Å². The zero-order valence-corrected chi connectivity index (χ0v) is 25.3. The number of amides is 3. The predicted octanol–water partition coefficient (Wildman–Crippen LogP) is 5.80. The van der Waals surface area contributed by atoms with Gasteiger partial charge in [-0.05, 0) is 75.0 Å². The van der Waals surface area contributed by atoms with E-state index in [1.165, 1.54) is 30.1 Å². The molecule has 0 aliphatic carbocycles. The Bertz CT molecular complexity index is 1440. The van der Waals surface area contributed by atoms with Crippen LogP contribution in [0.3, 0.4) is 0 Å². The summed E-state index contributed by atoms with van der Waals surface area (Å²) in [7, 11) is 5.37. The van der Waals surface area contributed by atoms with Gasteiger partial charge in [-0.1, -0.05) is 33.6 Å². The van der Waals surface area contributed by atoms with Crippen molar-refractivity contribution in [2.24, 2.45) is 0 Å². The smallest absolute Gasteiger partial charge is 0.313 e. The van der Waals surface area contributed by atoms with Crippen LogP contribution in [0.2, 0.25) is 5.02 Å². The van der Waals surface area contributed by atoms with Gasteiger partial charge in [0.15, 0.2) is 0 Å². The first-order valence-corrected chi connectivity index (χ1v) is 14.2. The first-order valence-electron chi connectivity index (χ1n) is 13.1. The number of piperidine rings is 1. The lowest BCUT2D eigenvalue weighted by Gasteiger charge is -2.35. The molecule has 1 fully saturated rings. The minimum Gasteiger partial charge on any atom is -0.457 e. The highest BCUT2D eigenvalue weighted by Gasteiger charge is 2.25. The van der Waals surface area contributed by atoms with Gasteiger partial charge in [0.25, 0.3) is 5.91 Å². The van der Waals surface area contributed by atoms with Gasteiger partial charge in [0.2, 0.25) is 0 Å². The van der Waals surface area contributed by atoms with Gasteiger partial charge in [-0.25, -0.2) is 4.39 Å². The van der Waals surface area contributed by atoms with Crippen LogP contribution in [0.1, 0.15) is 28.8 Å². The number of halogens is 3. The predicted molar refractivity (Wildman–Crippen MR) is 160 cm³/mol. The van der Waals surface area contributed by atoms with Crippen LogP contribution < -0.4 is 10.1 Å². The van der Waals surface area contributed by atoms with Crippen molar-refractivity contribution in [3.63, 3.8) is 0 Å². The number of rotatable bonds is 7. The summed E-state index contributed by atoms with van der Waals surface area (Å²) in [6.07, 6.45) is 2.01. The Kier molecular flexibility index (Phi) is 10.0. The number of likely N-dealkylation sites (N-methyl/N-ethyl adjacent to an activating group) is 3. The molecule has 216 valence electrons. The number of hydrogen-bond acceptors (Lipinski definition) is 5. The second-order valence-corrected chi connectivity index (χ2v) is 11.4. The van der Waals surface area contributed by atoms with Crippen LogP contribution in [0.4, 0.5) is 10.1 Å². The zero-order chi connectivity index (χ0) is 29.7. The first kappa shape index (κ1) is 30.5. The van der Waals surface area contributed by atoms with Crippen LogP contribution >= 0.6 is 27.5 Å². The average molecular weight is 646 g/mol. The Morgan fingerprint density at radius 1 is 1.10 bits per heavy atom. The summed E-state index contributed by atoms with van der Waals surface area (Å²) in [5.41, 5.74) is 1.52. The molecule has 3 aromatic carbocycles. The standard InChI is InChI=1S/C30H31BrClFN4O4/c1-35-14-4-5-23(18-35)37(3)29(39)19-7-10-22(11-8-19)34-28(38)30(40)36(2)17-20-6-9-21(31)15-27(20)41-24-12-13-26(33)25(32)16-24/h6-13,15-16,23H,4-5,14,17-18H2,1-3H3,(H,34,38). The average Bonchev–Trinajstić information content (AvgIpc) is 2.95. The van der Waals surface area contributed by atoms with E-state index in [0.29, 0.717) is 28.3 Å². The number of nitrogens with zero attached hydrogens (tertiary/aromatic N) is 3. The largest absolute Gasteiger partial charge is 0.457 e. The van der Waals surface area contributed by atoms with Gasteiger partial charge in [-0.15, -0.1) is 0 Å². The Hall–Kier alpha value is -3.47. The summed E-state index contributed by atoms with van der Waals surface area (Å²) in [6, 6.07) is 15.9. The number of benzene rings is 3. The van der Waals surface area contributed by atoms with E-state index in [4.69, 9.17) is 16.3 Å². The van der Waals surface area contributed by atoms with Crippen LogP contribution in [0.5, 0.6) is 11.5 Å². The highest BCUT2D eigenvalue weighted by Crippen LogP contribution is 2.31. The molecule has 0 aromatic heterocycles. The second kappa shape index (κ2) is 13.5. The first-order chi connectivity index (χ1) is 19.5. The monoisotopic (exact) mass is 644 g/mol. The van der Waals surface area contributed by atoms with Crippen molar-refractivity contribution >= 4 is 50.9 Å². The Balaban J connectivity index is 1.37. The normalized spacial score (nSPS) is 15.2. The molecular formula is C30H31BrClFN4O4. The number of anilines is 1. The van der Waals surface area contributed by atoms with Crippen molar-refractivity contribution < 1.29 is 23.5 Å². The van der Waals surface area contributed by atoms with E-state index in [9.17, 15) is 18.8 Å². The molecule has 4 rings (SSSR count). The van der Waals surface area contributed by atoms with E-state index in [1.54, 1.807) is 47.4 Å². The lowest BCUT2D eigenvalue weighted by Crippen LogP contribution is -2.47. The van der Waals surface area contributed by atoms with E-state index in [0.717, 1.165) is 30.4 Å². The van der Waals surface area contributed by atoms with Crippen molar-refractivity contribution in [1.29, 1.82) is 0 Å². The summed E-state index contributed by atoms with van der Waals surface area (Å²) < 4.78 is 20.2. The molecule has 1 heterocycles. The molecule has 1 atom stereocenters. The number of carbonyl (C=O) groups is 3. The van der Waals surface area contributed by atoms with Crippen molar-refractivity contribution in [3.8, 4) is 11.5 Å². The highest BCUT2D eigenvalue weighted by atomic mass is 79.9. The fraction of sp³-hybridized carbons (Fsp3) is 0.300. The quantitative estimate of drug-likeness (QED) is 0.329. The lowest BCUT2D eigenvalue weighted by molar-refractivity contribution is -0.142. The zero-order valence-electron chi connectivity index (χ0n) is 23.0. The van der Waals surface area contributed by atoms with Crippen molar-refractivity contribution in [3.05, 3.63) is 87.1 Å². The maximum Gasteiger partial charge on any atom is 0.313 e. The fourth-order valence-electron chi connectivity index (χ4n) is 4.63. The molecule has 0 saturated carbocycles. The molecule has 0 spiro atoms. The molecule has 0 bridgehead atoms. The Labute approximate surface area is 252 Å². The minimum atomic E-state index is -0.821. The summed E-state index contributed by atoms with van der Waals surface area (Å²) >= 11 is 9.27. The van der Waals surface area contributed by atoms with Crippen LogP contribution in [0.25, 0.3) is 0 Å².